The number of rotatable bonds is 5. The van der Waals surface area contributed by atoms with Crippen molar-refractivity contribution in [3.05, 3.63) is 36.3 Å². The van der Waals surface area contributed by atoms with Gasteiger partial charge in [-0.2, -0.15) is 0 Å². The highest BCUT2D eigenvalue weighted by molar-refractivity contribution is 7.17. The number of methoxy groups -OCH3 is 1. The number of aryl methyl sites for hydroxylation is 1. The van der Waals surface area contributed by atoms with Crippen molar-refractivity contribution in [1.82, 2.24) is 24.8 Å². The van der Waals surface area contributed by atoms with Crippen molar-refractivity contribution in [2.24, 2.45) is 0 Å². The maximum atomic E-state index is 5.22. The predicted molar refractivity (Wildman–Crippen MR) is 112 cm³/mol. The van der Waals surface area contributed by atoms with Gasteiger partial charge in [-0.05, 0) is 32.2 Å². The quantitative estimate of drug-likeness (QED) is 0.704. The Morgan fingerprint density at radius 2 is 1.89 bits per heavy atom. The van der Waals surface area contributed by atoms with Crippen LogP contribution in [0.15, 0.2) is 30.6 Å². The normalized spacial score (nSPS) is 14.9. The molecule has 0 radical (unpaired) electrons. The van der Waals surface area contributed by atoms with Gasteiger partial charge in [0.15, 0.2) is 0 Å². The van der Waals surface area contributed by atoms with E-state index < -0.39 is 0 Å². The third-order valence-corrected chi connectivity index (χ3v) is 5.84. The van der Waals surface area contributed by atoms with Crippen molar-refractivity contribution in [2.45, 2.75) is 6.92 Å². The van der Waals surface area contributed by atoms with E-state index in [1.807, 2.05) is 25.3 Å². The van der Waals surface area contributed by atoms with Crippen LogP contribution in [0, 0.1) is 6.92 Å². The van der Waals surface area contributed by atoms with Crippen LogP contribution < -0.4 is 15.0 Å². The Morgan fingerprint density at radius 3 is 2.57 bits per heavy atom. The van der Waals surface area contributed by atoms with Gasteiger partial charge in [-0.15, -0.1) is 0 Å². The Labute approximate surface area is 168 Å². The van der Waals surface area contributed by atoms with Gasteiger partial charge in [0, 0.05) is 32.4 Å². The van der Waals surface area contributed by atoms with Crippen LogP contribution in [0.3, 0.4) is 0 Å². The number of thiazole rings is 1. The number of likely N-dealkylation sites (N-methyl/N-ethyl adjacent to an activating group) is 1. The Balaban J connectivity index is 1.48. The lowest BCUT2D eigenvalue weighted by atomic mass is 10.3. The Hall–Kier alpha value is -2.78. The molecule has 146 valence electrons. The molecule has 4 heterocycles. The van der Waals surface area contributed by atoms with Crippen LogP contribution in [0.4, 0.5) is 17.5 Å². The molecule has 0 atom stereocenters. The van der Waals surface area contributed by atoms with Gasteiger partial charge in [0.25, 0.3) is 5.19 Å². The average Bonchev–Trinajstić information content (AvgIpc) is 3.10. The fourth-order valence-electron chi connectivity index (χ4n) is 3.07. The molecular weight excluding hydrogens is 374 g/mol. The summed E-state index contributed by atoms with van der Waals surface area (Å²) in [6, 6.07) is 5.92. The van der Waals surface area contributed by atoms with Gasteiger partial charge < -0.3 is 19.9 Å². The summed E-state index contributed by atoms with van der Waals surface area (Å²) < 4.78 is 5.22. The first-order valence-corrected chi connectivity index (χ1v) is 9.95. The van der Waals surface area contributed by atoms with Crippen LogP contribution >= 0.6 is 11.3 Å². The van der Waals surface area contributed by atoms with E-state index in [1.165, 1.54) is 11.3 Å². The van der Waals surface area contributed by atoms with E-state index in [0.29, 0.717) is 17.0 Å². The maximum absolute atomic E-state index is 5.22. The molecule has 9 heteroatoms. The van der Waals surface area contributed by atoms with E-state index >= 15 is 0 Å². The number of anilines is 3. The van der Waals surface area contributed by atoms with Gasteiger partial charge >= 0.3 is 0 Å². The van der Waals surface area contributed by atoms with Crippen molar-refractivity contribution in [3.8, 4) is 15.8 Å². The SMILES string of the molecule is COc1nc(C)c(-c2ccnc(Nc3ccc(N4CCN(C)CC4)cn3)n2)s1. The largest absolute Gasteiger partial charge is 0.473 e. The number of nitrogens with zero attached hydrogens (tertiary/aromatic N) is 6. The van der Waals surface area contributed by atoms with E-state index in [9.17, 15) is 0 Å². The molecule has 1 aliphatic heterocycles. The number of pyridine rings is 1. The van der Waals surface area contributed by atoms with Gasteiger partial charge in [-0.3, -0.25) is 0 Å². The lowest BCUT2D eigenvalue weighted by Gasteiger charge is -2.33. The molecule has 8 nitrogen and oxygen atoms in total. The van der Waals surface area contributed by atoms with Gasteiger partial charge in [0.1, 0.15) is 5.82 Å². The molecule has 28 heavy (non-hydrogen) atoms. The third kappa shape index (κ3) is 4.05. The lowest BCUT2D eigenvalue weighted by molar-refractivity contribution is 0.313. The third-order valence-electron chi connectivity index (χ3n) is 4.70. The molecule has 0 saturated carbocycles. The maximum Gasteiger partial charge on any atom is 0.273 e. The van der Waals surface area contributed by atoms with Crippen LogP contribution in [-0.4, -0.2) is 65.2 Å². The highest BCUT2D eigenvalue weighted by Crippen LogP contribution is 2.33. The van der Waals surface area contributed by atoms with Crippen molar-refractivity contribution in [1.29, 1.82) is 0 Å². The molecule has 3 aromatic rings. The molecule has 1 N–H and O–H groups in total. The van der Waals surface area contributed by atoms with Crippen molar-refractivity contribution >= 4 is 28.8 Å². The highest BCUT2D eigenvalue weighted by atomic mass is 32.1. The number of hydrogen-bond acceptors (Lipinski definition) is 9. The number of hydrogen-bond donors (Lipinski definition) is 1. The zero-order chi connectivity index (χ0) is 19.5. The van der Waals surface area contributed by atoms with Crippen molar-refractivity contribution < 1.29 is 4.74 Å². The molecule has 0 aromatic carbocycles. The lowest BCUT2D eigenvalue weighted by Crippen LogP contribution is -2.44. The van der Waals surface area contributed by atoms with Crippen LogP contribution in [-0.2, 0) is 0 Å². The summed E-state index contributed by atoms with van der Waals surface area (Å²) in [6.07, 6.45) is 3.63. The monoisotopic (exact) mass is 397 g/mol. The van der Waals surface area contributed by atoms with E-state index in [0.717, 1.165) is 48.1 Å². The second-order valence-corrected chi connectivity index (χ2v) is 7.64. The molecule has 1 aliphatic rings. The zero-order valence-electron chi connectivity index (χ0n) is 16.2. The standard InChI is InChI=1S/C19H23N7OS/c1-13-17(28-19(22-13)27-3)15-6-7-20-18(23-15)24-16-5-4-14(12-21-16)26-10-8-25(2)9-11-26/h4-7,12H,8-11H2,1-3H3,(H,20,21,23,24). The first kappa shape index (κ1) is 18.6. The molecule has 0 bridgehead atoms. The fraction of sp³-hybridized carbons (Fsp3) is 0.368. The van der Waals surface area contributed by atoms with Gasteiger partial charge in [-0.1, -0.05) is 11.3 Å². The van der Waals surface area contributed by atoms with Crippen LogP contribution in [0.1, 0.15) is 5.69 Å². The summed E-state index contributed by atoms with van der Waals surface area (Å²) in [5.41, 5.74) is 2.84. The molecule has 0 aliphatic carbocycles. The van der Waals surface area contributed by atoms with Crippen molar-refractivity contribution in [3.63, 3.8) is 0 Å². The summed E-state index contributed by atoms with van der Waals surface area (Å²) in [7, 11) is 3.77. The Bertz CT molecular complexity index is 936. The first-order chi connectivity index (χ1) is 13.6. The minimum atomic E-state index is 0.504. The Morgan fingerprint density at radius 1 is 1.07 bits per heavy atom. The number of piperazine rings is 1. The smallest absolute Gasteiger partial charge is 0.273 e. The molecule has 0 unspecified atom stereocenters. The van der Waals surface area contributed by atoms with E-state index in [2.05, 4.69) is 48.2 Å². The second-order valence-electron chi connectivity index (χ2n) is 6.68. The second kappa shape index (κ2) is 8.07. The summed E-state index contributed by atoms with van der Waals surface area (Å²) in [5.74, 6) is 1.22. The topological polar surface area (TPSA) is 79.3 Å². The molecule has 3 aromatic heterocycles. The van der Waals surface area contributed by atoms with E-state index in [1.54, 1.807) is 13.3 Å². The molecule has 0 spiro atoms. The predicted octanol–water partition coefficient (Wildman–Crippen LogP) is 2.81. The summed E-state index contributed by atoms with van der Waals surface area (Å²) in [5, 5.41) is 3.81. The molecule has 1 saturated heterocycles. The van der Waals surface area contributed by atoms with Crippen LogP contribution in [0.2, 0.25) is 0 Å². The molecule has 1 fully saturated rings. The number of aromatic nitrogens is 4. The number of ether oxygens (including phenoxy) is 1. The zero-order valence-corrected chi connectivity index (χ0v) is 17.0. The average molecular weight is 398 g/mol. The van der Waals surface area contributed by atoms with Crippen molar-refractivity contribution in [2.75, 3.05) is 50.6 Å². The van der Waals surface area contributed by atoms with Gasteiger partial charge in [-0.25, -0.2) is 19.9 Å². The summed E-state index contributed by atoms with van der Waals surface area (Å²) in [4.78, 5) is 23.5. The van der Waals surface area contributed by atoms with Gasteiger partial charge in [0.05, 0.1) is 35.3 Å². The van der Waals surface area contributed by atoms with Crippen LogP contribution in [0.5, 0.6) is 5.19 Å². The Kier molecular flexibility index (Phi) is 5.36. The van der Waals surface area contributed by atoms with E-state index in [4.69, 9.17) is 4.74 Å². The molecular formula is C19H23N7OS. The van der Waals surface area contributed by atoms with E-state index in [-0.39, 0.29) is 0 Å². The minimum Gasteiger partial charge on any atom is -0.473 e. The molecule has 4 rings (SSSR count). The first-order valence-electron chi connectivity index (χ1n) is 9.14. The summed E-state index contributed by atoms with van der Waals surface area (Å²) >= 11 is 1.47. The molecule has 0 amide bonds. The minimum absolute atomic E-state index is 0.504. The summed E-state index contributed by atoms with van der Waals surface area (Å²) in [6.45, 7) is 6.13. The number of nitrogens with one attached hydrogen (secondary N) is 1. The van der Waals surface area contributed by atoms with Crippen LogP contribution in [0.25, 0.3) is 10.6 Å². The van der Waals surface area contributed by atoms with Gasteiger partial charge in [0.2, 0.25) is 5.95 Å². The highest BCUT2D eigenvalue weighted by Gasteiger charge is 2.15. The fourth-order valence-corrected chi connectivity index (χ4v) is 3.92.